The summed E-state index contributed by atoms with van der Waals surface area (Å²) in [5.41, 5.74) is 0.383. The van der Waals surface area contributed by atoms with Crippen LogP contribution < -0.4 is 5.32 Å². The average Bonchev–Trinajstić information content (AvgIpc) is 2.31. The molecule has 18 heavy (non-hydrogen) atoms. The molecule has 0 aromatic heterocycles. The molecule has 0 aliphatic heterocycles. The minimum atomic E-state index is -0.307. The fraction of sp³-hybridized carbons (Fsp3) is 0.571. The van der Waals surface area contributed by atoms with Gasteiger partial charge < -0.3 is 10.1 Å². The quantitative estimate of drug-likeness (QED) is 0.890. The maximum Gasteiger partial charge on any atom is 0.147 e. The lowest BCUT2D eigenvalue weighted by Crippen LogP contribution is -2.58. The second-order valence-electron chi connectivity index (χ2n) is 5.29. The average molecular weight is 272 g/mol. The molecule has 0 saturated heterocycles. The molecule has 1 aromatic rings. The SMILES string of the molecule is CCOC1CC(Nc2c(F)cccc2Cl)C1(C)C. The first kappa shape index (κ1) is 13.6. The van der Waals surface area contributed by atoms with E-state index < -0.39 is 0 Å². The van der Waals surface area contributed by atoms with Crippen molar-refractivity contribution in [1.82, 2.24) is 0 Å². The fourth-order valence-electron chi connectivity index (χ4n) is 2.42. The van der Waals surface area contributed by atoms with E-state index in [1.165, 1.54) is 6.07 Å². The van der Waals surface area contributed by atoms with E-state index in [0.717, 1.165) is 6.42 Å². The highest BCUT2D eigenvalue weighted by Crippen LogP contribution is 2.45. The van der Waals surface area contributed by atoms with Crippen LogP contribution in [0, 0.1) is 11.2 Å². The van der Waals surface area contributed by atoms with E-state index in [9.17, 15) is 4.39 Å². The third kappa shape index (κ3) is 2.34. The summed E-state index contributed by atoms with van der Waals surface area (Å²) in [7, 11) is 0. The number of nitrogens with one attached hydrogen (secondary N) is 1. The summed E-state index contributed by atoms with van der Waals surface area (Å²) in [4.78, 5) is 0. The molecule has 1 N–H and O–H groups in total. The molecule has 1 aliphatic rings. The van der Waals surface area contributed by atoms with Gasteiger partial charge in [-0.2, -0.15) is 0 Å². The first-order valence-electron chi connectivity index (χ1n) is 6.29. The molecular formula is C14H19ClFNO. The number of hydrogen-bond acceptors (Lipinski definition) is 2. The van der Waals surface area contributed by atoms with Crippen molar-refractivity contribution < 1.29 is 9.13 Å². The molecule has 0 radical (unpaired) electrons. The molecule has 100 valence electrons. The van der Waals surface area contributed by atoms with E-state index in [0.29, 0.717) is 17.3 Å². The van der Waals surface area contributed by atoms with Crippen LogP contribution in [0.25, 0.3) is 0 Å². The Morgan fingerprint density at radius 2 is 2.22 bits per heavy atom. The molecule has 2 rings (SSSR count). The number of rotatable bonds is 4. The molecule has 1 aromatic carbocycles. The summed E-state index contributed by atoms with van der Waals surface area (Å²) in [6.45, 7) is 6.96. The summed E-state index contributed by atoms with van der Waals surface area (Å²) in [5, 5.41) is 3.63. The molecule has 2 atom stereocenters. The second kappa shape index (κ2) is 5.06. The highest BCUT2D eigenvalue weighted by atomic mass is 35.5. The Balaban J connectivity index is 2.08. The predicted molar refractivity (Wildman–Crippen MR) is 72.6 cm³/mol. The van der Waals surface area contributed by atoms with Gasteiger partial charge in [0.25, 0.3) is 0 Å². The zero-order valence-corrected chi connectivity index (χ0v) is 11.7. The highest BCUT2D eigenvalue weighted by Gasteiger charge is 2.49. The molecule has 0 amide bonds. The van der Waals surface area contributed by atoms with Crippen LogP contribution in [0.15, 0.2) is 18.2 Å². The largest absolute Gasteiger partial charge is 0.378 e. The number of benzene rings is 1. The highest BCUT2D eigenvalue weighted by molar-refractivity contribution is 6.33. The van der Waals surface area contributed by atoms with Gasteiger partial charge in [-0.15, -0.1) is 0 Å². The number of anilines is 1. The predicted octanol–water partition coefficient (Wildman–Crippen LogP) is 4.09. The van der Waals surface area contributed by atoms with Crippen LogP contribution in [-0.2, 0) is 4.74 Å². The van der Waals surface area contributed by atoms with Gasteiger partial charge in [-0.25, -0.2) is 4.39 Å². The van der Waals surface area contributed by atoms with Gasteiger partial charge in [0.15, 0.2) is 0 Å². The molecule has 1 fully saturated rings. The van der Waals surface area contributed by atoms with Crippen molar-refractivity contribution >= 4 is 17.3 Å². The van der Waals surface area contributed by atoms with Crippen molar-refractivity contribution in [1.29, 1.82) is 0 Å². The smallest absolute Gasteiger partial charge is 0.147 e. The zero-order chi connectivity index (χ0) is 13.3. The van der Waals surface area contributed by atoms with Gasteiger partial charge in [-0.05, 0) is 25.5 Å². The van der Waals surface area contributed by atoms with Crippen molar-refractivity contribution in [3.05, 3.63) is 29.0 Å². The summed E-state index contributed by atoms with van der Waals surface area (Å²) < 4.78 is 19.3. The monoisotopic (exact) mass is 271 g/mol. The van der Waals surface area contributed by atoms with Crippen molar-refractivity contribution in [2.24, 2.45) is 5.41 Å². The van der Waals surface area contributed by atoms with Crippen molar-refractivity contribution in [2.75, 3.05) is 11.9 Å². The third-order valence-corrected chi connectivity index (χ3v) is 4.14. The van der Waals surface area contributed by atoms with Crippen LogP contribution in [0.5, 0.6) is 0 Å². The van der Waals surface area contributed by atoms with Crippen LogP contribution in [-0.4, -0.2) is 18.8 Å². The topological polar surface area (TPSA) is 21.3 Å². The Labute approximate surface area is 112 Å². The fourth-order valence-corrected chi connectivity index (χ4v) is 2.64. The van der Waals surface area contributed by atoms with E-state index in [1.807, 2.05) is 6.92 Å². The Morgan fingerprint density at radius 1 is 1.50 bits per heavy atom. The maximum atomic E-state index is 13.7. The number of halogens is 2. The molecule has 0 bridgehead atoms. The summed E-state index contributed by atoms with van der Waals surface area (Å²) >= 11 is 6.01. The Morgan fingerprint density at radius 3 is 2.78 bits per heavy atom. The molecule has 2 unspecified atom stereocenters. The van der Waals surface area contributed by atoms with Crippen LogP contribution in [0.1, 0.15) is 27.2 Å². The summed E-state index contributed by atoms with van der Waals surface area (Å²) in [6, 6.07) is 4.90. The molecule has 0 heterocycles. The molecule has 4 heteroatoms. The summed E-state index contributed by atoms with van der Waals surface area (Å²) in [5.74, 6) is -0.307. The van der Waals surface area contributed by atoms with E-state index in [2.05, 4.69) is 19.2 Å². The first-order chi connectivity index (χ1) is 8.46. The maximum absolute atomic E-state index is 13.7. The van der Waals surface area contributed by atoms with E-state index in [1.54, 1.807) is 12.1 Å². The van der Waals surface area contributed by atoms with E-state index in [4.69, 9.17) is 16.3 Å². The Kier molecular flexibility index (Phi) is 3.83. The standard InChI is InChI=1S/C14H19ClFNO/c1-4-18-12-8-11(14(12,2)3)17-13-9(15)6-5-7-10(13)16/h5-7,11-12,17H,4,8H2,1-3H3. The lowest BCUT2D eigenvalue weighted by atomic mass is 9.64. The third-order valence-electron chi connectivity index (χ3n) is 3.83. The van der Waals surface area contributed by atoms with Crippen molar-refractivity contribution in [2.45, 2.75) is 39.3 Å². The van der Waals surface area contributed by atoms with E-state index >= 15 is 0 Å². The summed E-state index contributed by atoms with van der Waals surface area (Å²) in [6.07, 6.45) is 1.11. The molecule has 1 saturated carbocycles. The van der Waals surface area contributed by atoms with Gasteiger partial charge in [0, 0.05) is 18.1 Å². The molecular weight excluding hydrogens is 253 g/mol. The zero-order valence-electron chi connectivity index (χ0n) is 11.0. The van der Waals surface area contributed by atoms with Gasteiger partial charge in [0.1, 0.15) is 5.82 Å². The van der Waals surface area contributed by atoms with Crippen molar-refractivity contribution in [3.8, 4) is 0 Å². The number of ether oxygens (including phenoxy) is 1. The van der Waals surface area contributed by atoms with Gasteiger partial charge in [0.05, 0.1) is 16.8 Å². The second-order valence-corrected chi connectivity index (χ2v) is 5.70. The minimum Gasteiger partial charge on any atom is -0.378 e. The van der Waals surface area contributed by atoms with Gasteiger partial charge in [-0.1, -0.05) is 31.5 Å². The van der Waals surface area contributed by atoms with Crippen molar-refractivity contribution in [3.63, 3.8) is 0 Å². The Hall–Kier alpha value is -0.800. The lowest BCUT2D eigenvalue weighted by molar-refractivity contribution is -0.0976. The molecule has 2 nitrogen and oxygen atoms in total. The van der Waals surface area contributed by atoms with Gasteiger partial charge in [-0.3, -0.25) is 0 Å². The minimum absolute atomic E-state index is 0.0123. The van der Waals surface area contributed by atoms with Crippen LogP contribution in [0.2, 0.25) is 5.02 Å². The van der Waals surface area contributed by atoms with Crippen LogP contribution in [0.4, 0.5) is 10.1 Å². The van der Waals surface area contributed by atoms with Gasteiger partial charge >= 0.3 is 0 Å². The Bertz CT molecular complexity index is 416. The van der Waals surface area contributed by atoms with Crippen LogP contribution >= 0.6 is 11.6 Å². The van der Waals surface area contributed by atoms with Crippen LogP contribution in [0.3, 0.4) is 0 Å². The van der Waals surface area contributed by atoms with E-state index in [-0.39, 0.29) is 23.4 Å². The normalized spacial score (nSPS) is 25.6. The molecule has 1 aliphatic carbocycles. The number of para-hydroxylation sites is 1. The molecule has 0 spiro atoms. The number of hydrogen-bond donors (Lipinski definition) is 1. The first-order valence-corrected chi connectivity index (χ1v) is 6.66. The van der Waals surface area contributed by atoms with Gasteiger partial charge in [0.2, 0.25) is 0 Å². The lowest BCUT2D eigenvalue weighted by Gasteiger charge is -2.52.